The first-order valence-corrected chi connectivity index (χ1v) is 7.18. The molecule has 0 atom stereocenters. The van der Waals surface area contributed by atoms with Gasteiger partial charge in [-0.3, -0.25) is 9.78 Å². The fourth-order valence-electron chi connectivity index (χ4n) is 2.24. The molecule has 0 saturated heterocycles. The number of nitrogens with zero attached hydrogens (tertiary/aromatic N) is 2. The SMILES string of the molecule is O=C(c1ccncc1Cl)N(Cc1ccc(F)cc1)C1CC1. The average Bonchev–Trinajstić information content (AvgIpc) is 3.31. The molecule has 0 unspecified atom stereocenters. The van der Waals surface area contributed by atoms with E-state index in [1.165, 1.54) is 18.3 Å². The third-order valence-electron chi connectivity index (χ3n) is 3.52. The van der Waals surface area contributed by atoms with Crippen molar-refractivity contribution in [3.05, 3.63) is 64.7 Å². The minimum atomic E-state index is -0.278. The summed E-state index contributed by atoms with van der Waals surface area (Å²) >= 11 is 6.05. The third kappa shape index (κ3) is 3.22. The number of amides is 1. The molecule has 1 aromatic heterocycles. The fraction of sp³-hybridized carbons (Fsp3) is 0.250. The van der Waals surface area contributed by atoms with Gasteiger partial charge < -0.3 is 4.90 Å². The molecule has 2 aromatic rings. The lowest BCUT2D eigenvalue weighted by Crippen LogP contribution is -2.32. The van der Waals surface area contributed by atoms with Gasteiger partial charge in [-0.1, -0.05) is 23.7 Å². The monoisotopic (exact) mass is 304 g/mol. The van der Waals surface area contributed by atoms with Gasteiger partial charge in [0, 0.05) is 25.0 Å². The van der Waals surface area contributed by atoms with Crippen LogP contribution in [0.25, 0.3) is 0 Å². The van der Waals surface area contributed by atoms with Gasteiger partial charge in [0.15, 0.2) is 0 Å². The fourth-order valence-corrected chi connectivity index (χ4v) is 2.44. The summed E-state index contributed by atoms with van der Waals surface area (Å²) < 4.78 is 13.0. The van der Waals surface area contributed by atoms with Gasteiger partial charge >= 0.3 is 0 Å². The zero-order valence-corrected chi connectivity index (χ0v) is 12.1. The molecular weight excluding hydrogens is 291 g/mol. The highest BCUT2D eigenvalue weighted by Gasteiger charge is 2.33. The maximum absolute atomic E-state index is 13.0. The first-order valence-electron chi connectivity index (χ1n) is 6.80. The summed E-state index contributed by atoms with van der Waals surface area (Å²) in [4.78, 5) is 18.4. The van der Waals surface area contributed by atoms with E-state index in [9.17, 15) is 9.18 Å². The summed E-state index contributed by atoms with van der Waals surface area (Å²) in [5.74, 6) is -0.380. The zero-order valence-electron chi connectivity index (χ0n) is 11.3. The predicted molar refractivity (Wildman–Crippen MR) is 78.5 cm³/mol. The molecule has 3 rings (SSSR count). The largest absolute Gasteiger partial charge is 0.331 e. The van der Waals surface area contributed by atoms with E-state index in [-0.39, 0.29) is 17.8 Å². The van der Waals surface area contributed by atoms with Crippen LogP contribution in [-0.2, 0) is 6.54 Å². The van der Waals surface area contributed by atoms with Gasteiger partial charge in [-0.2, -0.15) is 0 Å². The van der Waals surface area contributed by atoms with Crippen molar-refractivity contribution in [3.63, 3.8) is 0 Å². The Morgan fingerprint density at radius 1 is 1.29 bits per heavy atom. The summed E-state index contributed by atoms with van der Waals surface area (Å²) in [6, 6.07) is 8.09. The number of aromatic nitrogens is 1. The molecule has 0 spiro atoms. The lowest BCUT2D eigenvalue weighted by molar-refractivity contribution is 0.0730. The quantitative estimate of drug-likeness (QED) is 0.863. The second-order valence-corrected chi connectivity index (χ2v) is 5.55. The Balaban J connectivity index is 1.83. The molecule has 1 fully saturated rings. The van der Waals surface area contributed by atoms with Crippen molar-refractivity contribution < 1.29 is 9.18 Å². The van der Waals surface area contributed by atoms with Crippen molar-refractivity contribution in [3.8, 4) is 0 Å². The molecule has 108 valence electrons. The molecule has 5 heteroatoms. The standard InChI is InChI=1S/C16H14ClFN2O/c17-15-9-19-8-7-14(15)16(21)20(13-5-6-13)10-11-1-3-12(18)4-2-11/h1-4,7-9,13H,5-6,10H2. The molecule has 1 saturated carbocycles. The molecule has 0 bridgehead atoms. The van der Waals surface area contributed by atoms with Crippen molar-refractivity contribution in [1.82, 2.24) is 9.88 Å². The minimum absolute atomic E-state index is 0.103. The van der Waals surface area contributed by atoms with Crippen LogP contribution < -0.4 is 0 Å². The van der Waals surface area contributed by atoms with Gasteiger partial charge in [0.1, 0.15) is 5.82 Å². The molecule has 0 N–H and O–H groups in total. The van der Waals surface area contributed by atoms with Crippen LogP contribution in [0, 0.1) is 5.82 Å². The number of carbonyl (C=O) groups excluding carboxylic acids is 1. The van der Waals surface area contributed by atoms with Crippen LogP contribution in [0.4, 0.5) is 4.39 Å². The number of carbonyl (C=O) groups is 1. The molecule has 1 heterocycles. The highest BCUT2D eigenvalue weighted by Crippen LogP contribution is 2.31. The van der Waals surface area contributed by atoms with Crippen LogP contribution in [0.5, 0.6) is 0 Å². The first-order chi connectivity index (χ1) is 10.1. The number of pyridine rings is 1. The number of hydrogen-bond donors (Lipinski definition) is 0. The smallest absolute Gasteiger partial charge is 0.256 e. The van der Waals surface area contributed by atoms with Crippen LogP contribution >= 0.6 is 11.6 Å². The Bertz CT molecular complexity index is 656. The molecule has 21 heavy (non-hydrogen) atoms. The van der Waals surface area contributed by atoms with Crippen molar-refractivity contribution >= 4 is 17.5 Å². The normalized spacial score (nSPS) is 14.0. The lowest BCUT2D eigenvalue weighted by Gasteiger charge is -2.23. The Kier molecular flexibility index (Phi) is 3.88. The molecule has 0 radical (unpaired) electrons. The average molecular weight is 305 g/mol. The van der Waals surface area contributed by atoms with Gasteiger partial charge in [0.25, 0.3) is 5.91 Å². The molecular formula is C16H14ClFN2O. The number of rotatable bonds is 4. The summed E-state index contributed by atoms with van der Waals surface area (Å²) in [7, 11) is 0. The minimum Gasteiger partial charge on any atom is -0.331 e. The zero-order chi connectivity index (χ0) is 14.8. The topological polar surface area (TPSA) is 33.2 Å². The van der Waals surface area contributed by atoms with Crippen molar-refractivity contribution in [2.45, 2.75) is 25.4 Å². The maximum Gasteiger partial charge on any atom is 0.256 e. The van der Waals surface area contributed by atoms with Gasteiger partial charge in [-0.25, -0.2) is 4.39 Å². The summed E-state index contributed by atoms with van der Waals surface area (Å²) in [6.45, 7) is 0.461. The van der Waals surface area contributed by atoms with Gasteiger partial charge in [-0.15, -0.1) is 0 Å². The van der Waals surface area contributed by atoms with Gasteiger partial charge in [0.2, 0.25) is 0 Å². The van der Waals surface area contributed by atoms with E-state index >= 15 is 0 Å². The van der Waals surface area contributed by atoms with Crippen LogP contribution in [0.3, 0.4) is 0 Å². The van der Waals surface area contributed by atoms with Crippen LogP contribution in [0.1, 0.15) is 28.8 Å². The molecule has 1 amide bonds. The Labute approximate surface area is 127 Å². The van der Waals surface area contributed by atoms with E-state index in [1.807, 2.05) is 0 Å². The van der Waals surface area contributed by atoms with E-state index in [0.29, 0.717) is 17.1 Å². The molecule has 1 aliphatic rings. The molecule has 3 nitrogen and oxygen atoms in total. The van der Waals surface area contributed by atoms with E-state index in [1.54, 1.807) is 29.3 Å². The molecule has 1 aromatic carbocycles. The van der Waals surface area contributed by atoms with E-state index in [0.717, 1.165) is 18.4 Å². The van der Waals surface area contributed by atoms with Crippen molar-refractivity contribution in [1.29, 1.82) is 0 Å². The second kappa shape index (κ2) is 5.82. The second-order valence-electron chi connectivity index (χ2n) is 5.15. The summed E-state index contributed by atoms with van der Waals surface area (Å²) in [5.41, 5.74) is 1.36. The molecule has 1 aliphatic carbocycles. The Morgan fingerprint density at radius 2 is 2.00 bits per heavy atom. The van der Waals surface area contributed by atoms with Gasteiger partial charge in [-0.05, 0) is 36.6 Å². The predicted octanol–water partition coefficient (Wildman–Crippen LogP) is 3.68. The lowest BCUT2D eigenvalue weighted by atomic mass is 10.1. The Morgan fingerprint density at radius 3 is 2.62 bits per heavy atom. The van der Waals surface area contributed by atoms with Crippen LogP contribution in [0.2, 0.25) is 5.02 Å². The number of halogens is 2. The summed E-state index contributed by atoms with van der Waals surface area (Å²) in [5, 5.41) is 0.354. The van der Waals surface area contributed by atoms with E-state index < -0.39 is 0 Å². The van der Waals surface area contributed by atoms with E-state index in [2.05, 4.69) is 4.98 Å². The number of benzene rings is 1. The Hall–Kier alpha value is -1.94. The van der Waals surface area contributed by atoms with Crippen LogP contribution in [0.15, 0.2) is 42.7 Å². The first kappa shape index (κ1) is 14.0. The van der Waals surface area contributed by atoms with E-state index in [4.69, 9.17) is 11.6 Å². The maximum atomic E-state index is 13.0. The molecule has 0 aliphatic heterocycles. The highest BCUT2D eigenvalue weighted by molar-refractivity contribution is 6.33. The van der Waals surface area contributed by atoms with Crippen molar-refractivity contribution in [2.75, 3.05) is 0 Å². The third-order valence-corrected chi connectivity index (χ3v) is 3.82. The number of hydrogen-bond acceptors (Lipinski definition) is 2. The van der Waals surface area contributed by atoms with Crippen molar-refractivity contribution in [2.24, 2.45) is 0 Å². The highest BCUT2D eigenvalue weighted by atomic mass is 35.5. The summed E-state index contributed by atoms with van der Waals surface area (Å²) in [6.07, 6.45) is 5.02. The van der Waals surface area contributed by atoms with Gasteiger partial charge in [0.05, 0.1) is 10.6 Å². The van der Waals surface area contributed by atoms with Crippen LogP contribution in [-0.4, -0.2) is 21.8 Å².